The highest BCUT2D eigenvalue weighted by atomic mass is 35.5. The maximum absolute atomic E-state index is 12.5. The molecule has 2 saturated heterocycles. The van der Waals surface area contributed by atoms with Gasteiger partial charge in [0.2, 0.25) is 0 Å². The first kappa shape index (κ1) is 26.7. The summed E-state index contributed by atoms with van der Waals surface area (Å²) in [6.07, 6.45) is 12.3. The zero-order valence-electron chi connectivity index (χ0n) is 19.7. The van der Waals surface area contributed by atoms with E-state index in [1.807, 2.05) is 36.4 Å². The largest absolute Gasteiger partial charge is 0.490 e. The molecule has 7 heteroatoms. The standard InChI is InChI=1S/C27H35N3O2.2ClH/c28-25-8-4-5-9-26(25)29-27(31)20-10-14-23(15-11-20)32-24-16-21-12-13-22(17-24)30(21)18-19-6-2-1-3-7-19;;/h4-5,8-11,14-15,19,21-22,24H,1-3,6-7,12-13,16-18,28H2,(H,29,31);2*1H. The highest BCUT2D eigenvalue weighted by Gasteiger charge is 2.42. The Morgan fingerprint density at radius 2 is 1.56 bits per heavy atom. The predicted octanol–water partition coefficient (Wildman–Crippen LogP) is 6.32. The van der Waals surface area contributed by atoms with Crippen LogP contribution in [0.15, 0.2) is 48.5 Å². The van der Waals surface area contributed by atoms with Crippen LogP contribution in [0.4, 0.5) is 11.4 Å². The van der Waals surface area contributed by atoms with Gasteiger partial charge in [0, 0.05) is 24.2 Å². The molecule has 2 aromatic rings. The Balaban J connectivity index is 0.00000162. The third kappa shape index (κ3) is 6.18. The Bertz CT molecular complexity index is 920. The summed E-state index contributed by atoms with van der Waals surface area (Å²) in [5, 5.41) is 2.88. The molecular formula is C27H37Cl2N3O2. The Kier molecular flexibility index (Phi) is 9.52. The minimum atomic E-state index is -0.163. The van der Waals surface area contributed by atoms with Crippen molar-refractivity contribution < 1.29 is 9.53 Å². The van der Waals surface area contributed by atoms with Gasteiger partial charge in [0.15, 0.2) is 0 Å². The molecule has 3 aliphatic rings. The molecule has 1 amide bonds. The summed E-state index contributed by atoms with van der Waals surface area (Å²) in [6, 6.07) is 16.1. The van der Waals surface area contributed by atoms with Gasteiger partial charge in [-0.05, 0) is 80.8 Å². The number of halogens is 2. The Morgan fingerprint density at radius 1 is 0.912 bits per heavy atom. The third-order valence-corrected chi connectivity index (χ3v) is 7.66. The quantitative estimate of drug-likeness (QED) is 0.450. The summed E-state index contributed by atoms with van der Waals surface area (Å²) in [7, 11) is 0. The van der Waals surface area contributed by atoms with E-state index in [0.717, 1.165) is 24.5 Å². The van der Waals surface area contributed by atoms with Crippen molar-refractivity contribution >= 4 is 42.1 Å². The van der Waals surface area contributed by atoms with E-state index in [0.29, 0.717) is 29.0 Å². The van der Waals surface area contributed by atoms with Crippen LogP contribution in [0.3, 0.4) is 0 Å². The van der Waals surface area contributed by atoms with Crippen molar-refractivity contribution in [2.24, 2.45) is 5.92 Å². The summed E-state index contributed by atoms with van der Waals surface area (Å²) in [6.45, 7) is 1.30. The van der Waals surface area contributed by atoms with Crippen molar-refractivity contribution in [1.82, 2.24) is 4.90 Å². The van der Waals surface area contributed by atoms with Crippen molar-refractivity contribution in [3.8, 4) is 5.75 Å². The summed E-state index contributed by atoms with van der Waals surface area (Å²) >= 11 is 0. The molecule has 1 saturated carbocycles. The molecule has 34 heavy (non-hydrogen) atoms. The molecule has 186 valence electrons. The molecule has 5 nitrogen and oxygen atoms in total. The van der Waals surface area contributed by atoms with E-state index in [9.17, 15) is 4.79 Å². The van der Waals surface area contributed by atoms with Crippen LogP contribution < -0.4 is 15.8 Å². The molecule has 2 aliphatic heterocycles. The lowest BCUT2D eigenvalue weighted by atomic mass is 9.87. The summed E-state index contributed by atoms with van der Waals surface area (Å²) in [4.78, 5) is 15.4. The summed E-state index contributed by atoms with van der Waals surface area (Å²) in [5.74, 6) is 1.60. The Labute approximate surface area is 215 Å². The predicted molar refractivity (Wildman–Crippen MR) is 143 cm³/mol. The minimum Gasteiger partial charge on any atom is -0.490 e. The number of carbonyl (C=O) groups is 1. The number of nitrogens with zero attached hydrogens (tertiary/aromatic N) is 1. The molecule has 0 aromatic heterocycles. The number of hydrogen-bond acceptors (Lipinski definition) is 4. The zero-order valence-corrected chi connectivity index (χ0v) is 21.3. The van der Waals surface area contributed by atoms with Crippen molar-refractivity contribution in [2.45, 2.75) is 76.0 Å². The molecular weight excluding hydrogens is 469 g/mol. The first-order chi connectivity index (χ1) is 15.7. The van der Waals surface area contributed by atoms with Crippen LogP contribution in [0.2, 0.25) is 0 Å². The van der Waals surface area contributed by atoms with Gasteiger partial charge < -0.3 is 15.8 Å². The van der Waals surface area contributed by atoms with E-state index in [1.54, 1.807) is 12.1 Å². The lowest BCUT2D eigenvalue weighted by molar-refractivity contribution is 0.0356. The highest BCUT2D eigenvalue weighted by Crippen LogP contribution is 2.39. The van der Waals surface area contributed by atoms with Gasteiger partial charge in [-0.3, -0.25) is 9.69 Å². The fourth-order valence-corrected chi connectivity index (χ4v) is 5.97. The van der Waals surface area contributed by atoms with Crippen LogP contribution in [-0.2, 0) is 0 Å². The number of amides is 1. The number of hydrogen-bond donors (Lipinski definition) is 2. The lowest BCUT2D eigenvalue weighted by Gasteiger charge is -2.41. The zero-order chi connectivity index (χ0) is 21.9. The van der Waals surface area contributed by atoms with Crippen LogP contribution in [-0.4, -0.2) is 35.5 Å². The number of piperidine rings is 1. The van der Waals surface area contributed by atoms with E-state index in [1.165, 1.54) is 51.5 Å². The number of nitrogens with two attached hydrogens (primary N) is 1. The molecule has 0 radical (unpaired) electrons. The minimum absolute atomic E-state index is 0. The van der Waals surface area contributed by atoms with Gasteiger partial charge in [-0.15, -0.1) is 24.8 Å². The molecule has 2 bridgehead atoms. The molecule has 2 aromatic carbocycles. The fraction of sp³-hybridized carbons (Fsp3) is 0.519. The molecule has 2 unspecified atom stereocenters. The third-order valence-electron chi connectivity index (χ3n) is 7.66. The molecule has 0 spiro atoms. The molecule has 5 rings (SSSR count). The number of nitrogens with one attached hydrogen (secondary N) is 1. The fourth-order valence-electron chi connectivity index (χ4n) is 5.97. The van der Waals surface area contributed by atoms with Crippen molar-refractivity contribution in [3.63, 3.8) is 0 Å². The van der Waals surface area contributed by atoms with Crippen molar-refractivity contribution in [2.75, 3.05) is 17.6 Å². The highest BCUT2D eigenvalue weighted by molar-refractivity contribution is 6.05. The van der Waals surface area contributed by atoms with Gasteiger partial charge in [0.1, 0.15) is 11.9 Å². The van der Waals surface area contributed by atoms with Crippen molar-refractivity contribution in [1.29, 1.82) is 0 Å². The maximum atomic E-state index is 12.5. The van der Waals surface area contributed by atoms with E-state index in [-0.39, 0.29) is 36.8 Å². The SMILES string of the molecule is Cl.Cl.Nc1ccccc1NC(=O)c1ccc(OC2CC3CCC(C2)N3CC2CCCCC2)cc1. The van der Waals surface area contributed by atoms with E-state index in [2.05, 4.69) is 10.2 Å². The van der Waals surface area contributed by atoms with Crippen LogP contribution in [0.1, 0.15) is 68.1 Å². The number of benzene rings is 2. The average molecular weight is 507 g/mol. The van der Waals surface area contributed by atoms with Gasteiger partial charge in [0.25, 0.3) is 5.91 Å². The number of fused-ring (bicyclic) bond motifs is 2. The van der Waals surface area contributed by atoms with Gasteiger partial charge in [0.05, 0.1) is 11.4 Å². The number of para-hydroxylation sites is 2. The molecule has 2 heterocycles. The maximum Gasteiger partial charge on any atom is 0.255 e. The first-order valence-corrected chi connectivity index (χ1v) is 12.3. The number of anilines is 2. The normalized spacial score (nSPS) is 24.5. The van der Waals surface area contributed by atoms with Crippen LogP contribution in [0.5, 0.6) is 5.75 Å². The monoisotopic (exact) mass is 505 g/mol. The second-order valence-corrected chi connectivity index (χ2v) is 9.86. The van der Waals surface area contributed by atoms with Gasteiger partial charge in [-0.1, -0.05) is 31.4 Å². The number of nitrogen functional groups attached to an aromatic ring is 1. The molecule has 3 N–H and O–H groups in total. The van der Waals surface area contributed by atoms with Crippen LogP contribution >= 0.6 is 24.8 Å². The van der Waals surface area contributed by atoms with Crippen molar-refractivity contribution in [3.05, 3.63) is 54.1 Å². The van der Waals surface area contributed by atoms with Gasteiger partial charge >= 0.3 is 0 Å². The Morgan fingerprint density at radius 3 is 2.21 bits per heavy atom. The number of carbonyl (C=O) groups excluding carboxylic acids is 1. The molecule has 2 atom stereocenters. The summed E-state index contributed by atoms with van der Waals surface area (Å²) < 4.78 is 6.37. The van der Waals surface area contributed by atoms with Crippen LogP contribution in [0, 0.1) is 5.92 Å². The van der Waals surface area contributed by atoms with Gasteiger partial charge in [-0.25, -0.2) is 0 Å². The van der Waals surface area contributed by atoms with Gasteiger partial charge in [-0.2, -0.15) is 0 Å². The second kappa shape index (κ2) is 12.1. The summed E-state index contributed by atoms with van der Waals surface area (Å²) in [5.41, 5.74) is 7.72. The first-order valence-electron chi connectivity index (χ1n) is 12.3. The number of ether oxygens (including phenoxy) is 1. The topological polar surface area (TPSA) is 67.6 Å². The Hall–Kier alpha value is -1.95. The lowest BCUT2D eigenvalue weighted by Crippen LogP contribution is -2.48. The van der Waals surface area contributed by atoms with E-state index in [4.69, 9.17) is 10.5 Å². The average Bonchev–Trinajstić information content (AvgIpc) is 3.04. The van der Waals surface area contributed by atoms with E-state index >= 15 is 0 Å². The molecule has 1 aliphatic carbocycles. The smallest absolute Gasteiger partial charge is 0.255 e. The number of rotatable bonds is 6. The van der Waals surface area contributed by atoms with E-state index < -0.39 is 0 Å². The second-order valence-electron chi connectivity index (χ2n) is 9.86. The van der Waals surface area contributed by atoms with Crippen LogP contribution in [0.25, 0.3) is 0 Å². The molecule has 3 fully saturated rings.